The molecule has 0 aliphatic heterocycles. The average molecular weight is 273 g/mol. The maximum Gasteiger partial charge on any atom is 0.0280 e. The Kier molecular flexibility index (Phi) is 8.43. The molecule has 0 aliphatic carbocycles. The van der Waals surface area contributed by atoms with Crippen molar-refractivity contribution >= 4 is 15.9 Å². The van der Waals surface area contributed by atoms with E-state index in [1.54, 1.807) is 6.20 Å². The molecular weight excluding hydrogens is 252 g/mol. The first kappa shape index (κ1) is 14.5. The minimum Gasteiger partial charge on any atom is -0.404 e. The molecule has 0 amide bonds. The second kappa shape index (κ2) is 8.74. The lowest BCUT2D eigenvalue weighted by molar-refractivity contribution is 0.915. The number of nitrogens with one attached hydrogen (secondary N) is 1. The molecule has 0 spiro atoms. The van der Waals surface area contributed by atoms with Crippen LogP contribution in [0.15, 0.2) is 35.1 Å². The number of alkyl halides is 1. The van der Waals surface area contributed by atoms with Crippen LogP contribution in [0.4, 0.5) is 0 Å². The van der Waals surface area contributed by atoms with Crippen LogP contribution >= 0.6 is 15.9 Å². The molecule has 0 heterocycles. The Morgan fingerprint density at radius 2 is 2.13 bits per heavy atom. The second-order valence-corrected chi connectivity index (χ2v) is 3.90. The molecule has 0 bridgehead atoms. The number of hydrogen-bond acceptors (Lipinski definition) is 2. The number of halogens is 1. The van der Waals surface area contributed by atoms with Crippen molar-refractivity contribution in [2.45, 2.75) is 20.3 Å². The van der Waals surface area contributed by atoms with E-state index in [2.05, 4.69) is 40.3 Å². The van der Waals surface area contributed by atoms with Gasteiger partial charge in [-0.2, -0.15) is 0 Å². The van der Waals surface area contributed by atoms with Crippen LogP contribution in [-0.4, -0.2) is 18.9 Å². The molecule has 0 aromatic rings. The summed E-state index contributed by atoms with van der Waals surface area (Å²) in [5.41, 5.74) is 9.24. The molecule has 0 saturated carbocycles. The summed E-state index contributed by atoms with van der Waals surface area (Å²) in [5, 5.41) is 3.97. The van der Waals surface area contributed by atoms with Gasteiger partial charge in [0.25, 0.3) is 0 Å². The Labute approximate surface area is 101 Å². The Morgan fingerprint density at radius 1 is 1.47 bits per heavy atom. The van der Waals surface area contributed by atoms with E-state index in [1.807, 2.05) is 14.0 Å². The van der Waals surface area contributed by atoms with E-state index in [0.29, 0.717) is 0 Å². The van der Waals surface area contributed by atoms with E-state index in [9.17, 15) is 0 Å². The lowest BCUT2D eigenvalue weighted by Gasteiger charge is -2.06. The van der Waals surface area contributed by atoms with E-state index in [0.717, 1.165) is 23.9 Å². The van der Waals surface area contributed by atoms with Crippen molar-refractivity contribution in [3.63, 3.8) is 0 Å². The fourth-order valence-corrected chi connectivity index (χ4v) is 1.60. The molecule has 0 unspecified atom stereocenters. The van der Waals surface area contributed by atoms with Crippen LogP contribution in [0.3, 0.4) is 0 Å². The Bertz CT molecular complexity index is 265. The quantitative estimate of drug-likeness (QED) is 0.577. The van der Waals surface area contributed by atoms with Crippen molar-refractivity contribution in [2.24, 2.45) is 5.73 Å². The Balaban J connectivity index is 4.78. The fraction of sp³-hybridized carbons (Fsp3) is 0.500. The third-order valence-electron chi connectivity index (χ3n) is 2.22. The van der Waals surface area contributed by atoms with E-state index in [-0.39, 0.29) is 0 Å². The van der Waals surface area contributed by atoms with Gasteiger partial charge in [0.2, 0.25) is 0 Å². The van der Waals surface area contributed by atoms with Gasteiger partial charge in [-0.3, -0.25) is 0 Å². The summed E-state index contributed by atoms with van der Waals surface area (Å²) in [5.74, 6) is 0. The van der Waals surface area contributed by atoms with E-state index < -0.39 is 0 Å². The summed E-state index contributed by atoms with van der Waals surface area (Å²) in [7, 11) is 1.94. The summed E-state index contributed by atoms with van der Waals surface area (Å²) in [6, 6.07) is 0. The summed E-state index contributed by atoms with van der Waals surface area (Å²) in [6.07, 6.45) is 7.04. The van der Waals surface area contributed by atoms with E-state index in [4.69, 9.17) is 5.73 Å². The molecule has 0 saturated heterocycles. The lowest BCUT2D eigenvalue weighted by Crippen LogP contribution is -2.05. The summed E-state index contributed by atoms with van der Waals surface area (Å²) in [4.78, 5) is 0. The molecule has 3 N–H and O–H groups in total. The van der Waals surface area contributed by atoms with Gasteiger partial charge in [0, 0.05) is 11.9 Å². The predicted molar refractivity (Wildman–Crippen MR) is 72.1 cm³/mol. The number of rotatable bonds is 6. The Morgan fingerprint density at radius 3 is 2.53 bits per heavy atom. The van der Waals surface area contributed by atoms with Crippen LogP contribution in [0.1, 0.15) is 20.3 Å². The summed E-state index contributed by atoms with van der Waals surface area (Å²) < 4.78 is 0. The maximum atomic E-state index is 5.52. The molecule has 0 radical (unpaired) electrons. The van der Waals surface area contributed by atoms with Crippen LogP contribution in [0.2, 0.25) is 0 Å². The lowest BCUT2D eigenvalue weighted by atomic mass is 10.0. The van der Waals surface area contributed by atoms with Crippen molar-refractivity contribution in [1.29, 1.82) is 0 Å². The van der Waals surface area contributed by atoms with Gasteiger partial charge in [0.05, 0.1) is 0 Å². The SMILES string of the molecule is CCC(=C\C(=C/CNC)CBr)/C(C)=C\N. The van der Waals surface area contributed by atoms with Gasteiger partial charge in [-0.1, -0.05) is 35.0 Å². The van der Waals surface area contributed by atoms with Crippen molar-refractivity contribution in [3.05, 3.63) is 35.1 Å². The summed E-state index contributed by atoms with van der Waals surface area (Å²) >= 11 is 3.48. The zero-order chi connectivity index (χ0) is 11.7. The number of hydrogen-bond donors (Lipinski definition) is 2. The van der Waals surface area contributed by atoms with Gasteiger partial charge in [0.1, 0.15) is 0 Å². The molecule has 3 heteroatoms. The van der Waals surface area contributed by atoms with Gasteiger partial charge >= 0.3 is 0 Å². The Hall–Kier alpha value is -0.540. The van der Waals surface area contributed by atoms with Crippen LogP contribution < -0.4 is 11.1 Å². The molecule has 0 aromatic carbocycles. The number of allylic oxidation sites excluding steroid dienone is 4. The zero-order valence-corrected chi connectivity index (χ0v) is 11.4. The van der Waals surface area contributed by atoms with Crippen LogP contribution in [0.25, 0.3) is 0 Å². The van der Waals surface area contributed by atoms with Crippen molar-refractivity contribution in [1.82, 2.24) is 5.32 Å². The highest BCUT2D eigenvalue weighted by atomic mass is 79.9. The maximum absolute atomic E-state index is 5.52. The third-order valence-corrected chi connectivity index (χ3v) is 2.87. The first-order valence-electron chi connectivity index (χ1n) is 5.18. The van der Waals surface area contributed by atoms with E-state index >= 15 is 0 Å². The topological polar surface area (TPSA) is 38.0 Å². The van der Waals surface area contributed by atoms with Crippen LogP contribution in [-0.2, 0) is 0 Å². The summed E-state index contributed by atoms with van der Waals surface area (Å²) in [6.45, 7) is 5.07. The van der Waals surface area contributed by atoms with Crippen molar-refractivity contribution < 1.29 is 0 Å². The standard InChI is InChI=1S/C12H21BrN2/c1-4-12(10(2)9-14)7-11(8-13)5-6-15-3/h5,7,9,15H,4,6,8,14H2,1-3H3/b10-9-,11-5+,12-7+. The van der Waals surface area contributed by atoms with Gasteiger partial charge < -0.3 is 11.1 Å². The number of likely N-dealkylation sites (N-methyl/N-ethyl adjacent to an activating group) is 1. The molecule has 15 heavy (non-hydrogen) atoms. The number of nitrogens with two attached hydrogens (primary N) is 1. The molecule has 0 aromatic heterocycles. The molecule has 86 valence electrons. The fourth-order valence-electron chi connectivity index (χ4n) is 1.21. The normalized spacial score (nSPS) is 14.5. The first-order chi connectivity index (χ1) is 7.19. The molecule has 2 nitrogen and oxygen atoms in total. The van der Waals surface area contributed by atoms with Gasteiger partial charge in [-0.05, 0) is 43.3 Å². The first-order valence-corrected chi connectivity index (χ1v) is 6.30. The smallest absolute Gasteiger partial charge is 0.0280 e. The highest BCUT2D eigenvalue weighted by molar-refractivity contribution is 9.09. The third kappa shape index (κ3) is 5.80. The molecule has 0 atom stereocenters. The largest absolute Gasteiger partial charge is 0.404 e. The minimum atomic E-state index is 0.871. The van der Waals surface area contributed by atoms with Crippen LogP contribution in [0.5, 0.6) is 0 Å². The zero-order valence-electron chi connectivity index (χ0n) is 9.81. The van der Waals surface area contributed by atoms with Gasteiger partial charge in [0.15, 0.2) is 0 Å². The molecular formula is C12H21BrN2. The highest BCUT2D eigenvalue weighted by Crippen LogP contribution is 2.16. The molecule has 0 fully saturated rings. The highest BCUT2D eigenvalue weighted by Gasteiger charge is 1.98. The average Bonchev–Trinajstić information content (AvgIpc) is 2.28. The van der Waals surface area contributed by atoms with Gasteiger partial charge in [-0.15, -0.1) is 0 Å². The minimum absolute atomic E-state index is 0.871. The van der Waals surface area contributed by atoms with Gasteiger partial charge in [-0.25, -0.2) is 0 Å². The molecule has 0 rings (SSSR count). The second-order valence-electron chi connectivity index (χ2n) is 3.34. The van der Waals surface area contributed by atoms with Crippen molar-refractivity contribution in [3.8, 4) is 0 Å². The van der Waals surface area contributed by atoms with Crippen molar-refractivity contribution in [2.75, 3.05) is 18.9 Å². The predicted octanol–water partition coefficient (Wildman–Crippen LogP) is 2.73. The van der Waals surface area contributed by atoms with Crippen LogP contribution in [0, 0.1) is 0 Å². The monoisotopic (exact) mass is 272 g/mol. The molecule has 0 aliphatic rings. The van der Waals surface area contributed by atoms with E-state index in [1.165, 1.54) is 11.1 Å².